The molecule has 4 heteroatoms. The van der Waals surface area contributed by atoms with Crippen molar-refractivity contribution in [1.29, 1.82) is 5.41 Å². The molecule has 20 heavy (non-hydrogen) atoms. The third kappa shape index (κ3) is 3.61. The highest BCUT2D eigenvalue weighted by molar-refractivity contribution is 7.97. The van der Waals surface area contributed by atoms with Crippen molar-refractivity contribution in [2.24, 2.45) is 5.73 Å². The molecule has 0 amide bonds. The molecule has 3 N–H and O–H groups in total. The van der Waals surface area contributed by atoms with E-state index in [1.54, 1.807) is 17.8 Å². The van der Waals surface area contributed by atoms with Crippen LogP contribution in [0.2, 0.25) is 0 Å². The fourth-order valence-electron chi connectivity index (χ4n) is 1.97. The van der Waals surface area contributed by atoms with Gasteiger partial charge in [0.05, 0.1) is 0 Å². The van der Waals surface area contributed by atoms with E-state index in [1.165, 1.54) is 23.3 Å². The van der Waals surface area contributed by atoms with E-state index in [-0.39, 0.29) is 11.7 Å². The number of rotatable bonds is 5. The van der Waals surface area contributed by atoms with Crippen molar-refractivity contribution in [3.63, 3.8) is 0 Å². The van der Waals surface area contributed by atoms with Crippen molar-refractivity contribution in [2.75, 3.05) is 0 Å². The van der Waals surface area contributed by atoms with Crippen LogP contribution in [-0.2, 0) is 11.5 Å². The first kappa shape index (κ1) is 14.6. The standard InChI is InChI=1S/C16H17FN2S/c1-11-4-2-3-5-12(11)9-20-10-13-6-7-14(17)8-15(13)16(18)19/h2-8H,9-10H2,1H3,(H3,18,19). The van der Waals surface area contributed by atoms with Crippen LogP contribution in [0.1, 0.15) is 22.3 Å². The minimum Gasteiger partial charge on any atom is -0.384 e. The Bertz CT molecular complexity index is 626. The largest absolute Gasteiger partial charge is 0.384 e. The molecule has 0 heterocycles. The maximum atomic E-state index is 13.2. The molecule has 2 aromatic rings. The summed E-state index contributed by atoms with van der Waals surface area (Å²) >= 11 is 1.74. The van der Waals surface area contributed by atoms with Crippen LogP contribution in [0, 0.1) is 18.2 Å². The van der Waals surface area contributed by atoms with E-state index in [9.17, 15) is 4.39 Å². The van der Waals surface area contributed by atoms with Crippen molar-refractivity contribution in [3.05, 3.63) is 70.5 Å². The molecule has 0 bridgehead atoms. The molecule has 2 aromatic carbocycles. The Morgan fingerprint density at radius 1 is 1.15 bits per heavy atom. The molecule has 0 saturated carbocycles. The van der Waals surface area contributed by atoms with E-state index in [4.69, 9.17) is 11.1 Å². The minimum absolute atomic E-state index is 0.0870. The Labute approximate surface area is 122 Å². The summed E-state index contributed by atoms with van der Waals surface area (Å²) in [4.78, 5) is 0. The highest BCUT2D eigenvalue weighted by Gasteiger charge is 2.07. The zero-order chi connectivity index (χ0) is 14.5. The summed E-state index contributed by atoms with van der Waals surface area (Å²) in [6.45, 7) is 2.09. The summed E-state index contributed by atoms with van der Waals surface area (Å²) in [7, 11) is 0. The maximum absolute atomic E-state index is 13.2. The van der Waals surface area contributed by atoms with Gasteiger partial charge in [0.1, 0.15) is 11.7 Å². The molecule has 0 aliphatic rings. The lowest BCUT2D eigenvalue weighted by molar-refractivity contribution is 0.627. The van der Waals surface area contributed by atoms with Gasteiger partial charge in [-0.05, 0) is 35.7 Å². The molecule has 0 radical (unpaired) electrons. The first-order valence-corrected chi connectivity index (χ1v) is 7.48. The first-order chi connectivity index (χ1) is 9.58. The van der Waals surface area contributed by atoms with Gasteiger partial charge < -0.3 is 5.73 Å². The van der Waals surface area contributed by atoms with Crippen molar-refractivity contribution in [1.82, 2.24) is 0 Å². The van der Waals surface area contributed by atoms with Gasteiger partial charge in [-0.2, -0.15) is 11.8 Å². The van der Waals surface area contributed by atoms with Gasteiger partial charge in [-0.15, -0.1) is 0 Å². The zero-order valence-corrected chi connectivity index (χ0v) is 12.1. The monoisotopic (exact) mass is 288 g/mol. The van der Waals surface area contributed by atoms with Crippen LogP contribution in [0.15, 0.2) is 42.5 Å². The Balaban J connectivity index is 2.05. The molecular formula is C16H17FN2S. The van der Waals surface area contributed by atoms with Gasteiger partial charge in [-0.1, -0.05) is 30.3 Å². The van der Waals surface area contributed by atoms with Crippen LogP contribution in [0.3, 0.4) is 0 Å². The fraction of sp³-hybridized carbons (Fsp3) is 0.188. The topological polar surface area (TPSA) is 49.9 Å². The molecule has 0 unspecified atom stereocenters. The quantitative estimate of drug-likeness (QED) is 0.648. The van der Waals surface area contributed by atoms with Gasteiger partial charge in [0, 0.05) is 17.1 Å². The van der Waals surface area contributed by atoms with Crippen LogP contribution in [0.4, 0.5) is 4.39 Å². The Morgan fingerprint density at radius 3 is 2.55 bits per heavy atom. The number of nitrogens with one attached hydrogen (secondary N) is 1. The van der Waals surface area contributed by atoms with Crippen molar-refractivity contribution in [3.8, 4) is 0 Å². The second kappa shape index (κ2) is 6.57. The van der Waals surface area contributed by atoms with Crippen molar-refractivity contribution >= 4 is 17.6 Å². The van der Waals surface area contributed by atoms with Gasteiger partial charge in [0.25, 0.3) is 0 Å². The van der Waals surface area contributed by atoms with Crippen molar-refractivity contribution < 1.29 is 4.39 Å². The van der Waals surface area contributed by atoms with E-state index < -0.39 is 0 Å². The minimum atomic E-state index is -0.358. The molecule has 0 atom stereocenters. The van der Waals surface area contributed by atoms with E-state index in [0.717, 1.165) is 11.3 Å². The second-order valence-electron chi connectivity index (χ2n) is 4.63. The molecule has 2 rings (SSSR count). The van der Waals surface area contributed by atoms with Gasteiger partial charge in [0.2, 0.25) is 0 Å². The number of thioether (sulfide) groups is 1. The van der Waals surface area contributed by atoms with E-state index in [1.807, 2.05) is 12.1 Å². The summed E-state index contributed by atoms with van der Waals surface area (Å²) in [6, 6.07) is 12.7. The van der Waals surface area contributed by atoms with Gasteiger partial charge in [0.15, 0.2) is 0 Å². The molecule has 0 saturated heterocycles. The maximum Gasteiger partial charge on any atom is 0.123 e. The van der Waals surface area contributed by atoms with E-state index in [0.29, 0.717) is 11.3 Å². The molecule has 0 spiro atoms. The summed E-state index contributed by atoms with van der Waals surface area (Å²) < 4.78 is 13.2. The predicted molar refractivity (Wildman–Crippen MR) is 83.6 cm³/mol. The summed E-state index contributed by atoms with van der Waals surface area (Å²) in [5.41, 5.74) is 9.45. The average Bonchev–Trinajstić information content (AvgIpc) is 2.42. The van der Waals surface area contributed by atoms with Crippen LogP contribution >= 0.6 is 11.8 Å². The molecular weight excluding hydrogens is 271 g/mol. The Morgan fingerprint density at radius 2 is 1.85 bits per heavy atom. The number of halogens is 1. The number of benzene rings is 2. The zero-order valence-electron chi connectivity index (χ0n) is 11.3. The SMILES string of the molecule is Cc1ccccc1CSCc1ccc(F)cc1C(=N)N. The number of nitrogens with two attached hydrogens (primary N) is 1. The highest BCUT2D eigenvalue weighted by atomic mass is 32.2. The number of hydrogen-bond donors (Lipinski definition) is 2. The van der Waals surface area contributed by atoms with Crippen LogP contribution in [0.25, 0.3) is 0 Å². The van der Waals surface area contributed by atoms with Crippen LogP contribution < -0.4 is 5.73 Å². The summed E-state index contributed by atoms with van der Waals surface area (Å²) in [6.07, 6.45) is 0. The average molecular weight is 288 g/mol. The number of hydrogen-bond acceptors (Lipinski definition) is 2. The number of nitrogen functional groups attached to an aromatic ring is 1. The number of aryl methyl sites for hydroxylation is 1. The molecule has 0 fully saturated rings. The van der Waals surface area contributed by atoms with Gasteiger partial charge in [-0.25, -0.2) is 4.39 Å². The van der Waals surface area contributed by atoms with Crippen LogP contribution in [0.5, 0.6) is 0 Å². The third-order valence-corrected chi connectivity index (χ3v) is 4.17. The Kier molecular flexibility index (Phi) is 4.79. The third-order valence-electron chi connectivity index (χ3n) is 3.14. The molecule has 0 aliphatic carbocycles. The van der Waals surface area contributed by atoms with Crippen molar-refractivity contribution in [2.45, 2.75) is 18.4 Å². The van der Waals surface area contributed by atoms with Gasteiger partial charge >= 0.3 is 0 Å². The van der Waals surface area contributed by atoms with Gasteiger partial charge in [-0.3, -0.25) is 5.41 Å². The number of amidine groups is 1. The lowest BCUT2D eigenvalue weighted by Gasteiger charge is -2.09. The van der Waals surface area contributed by atoms with E-state index in [2.05, 4.69) is 19.1 Å². The normalized spacial score (nSPS) is 10.5. The first-order valence-electron chi connectivity index (χ1n) is 6.33. The van der Waals surface area contributed by atoms with Crippen LogP contribution in [-0.4, -0.2) is 5.84 Å². The molecule has 0 aromatic heterocycles. The molecule has 0 aliphatic heterocycles. The van der Waals surface area contributed by atoms with E-state index >= 15 is 0 Å². The lowest BCUT2D eigenvalue weighted by Crippen LogP contribution is -2.14. The fourth-order valence-corrected chi connectivity index (χ4v) is 3.09. The summed E-state index contributed by atoms with van der Waals surface area (Å²) in [5.74, 6) is 1.16. The predicted octanol–water partition coefficient (Wildman–Crippen LogP) is 3.85. The molecule has 104 valence electrons. The lowest BCUT2D eigenvalue weighted by atomic mass is 10.1. The smallest absolute Gasteiger partial charge is 0.123 e. The Hall–Kier alpha value is -1.81. The second-order valence-corrected chi connectivity index (χ2v) is 5.62. The highest BCUT2D eigenvalue weighted by Crippen LogP contribution is 2.22. The summed E-state index contributed by atoms with van der Waals surface area (Å²) in [5, 5.41) is 7.51. The molecule has 2 nitrogen and oxygen atoms in total.